The number of benzene rings is 1. The Labute approximate surface area is 118 Å². The molecule has 4 nitrogen and oxygen atoms in total. The van der Waals surface area contributed by atoms with Crippen molar-refractivity contribution in [3.8, 4) is 23.5 Å². The lowest BCUT2D eigenvalue weighted by Crippen LogP contribution is -1.99. The predicted molar refractivity (Wildman–Crippen MR) is 77.5 cm³/mol. The Bertz CT molecular complexity index is 612. The Morgan fingerprint density at radius 1 is 1.15 bits per heavy atom. The molecule has 0 aliphatic rings. The molecule has 0 saturated carbocycles. The minimum absolute atomic E-state index is 0.361. The van der Waals surface area contributed by atoms with Gasteiger partial charge in [0.2, 0.25) is 5.88 Å². The number of ether oxygens (including phenoxy) is 2. The van der Waals surface area contributed by atoms with E-state index in [9.17, 15) is 0 Å². The molecule has 2 N–H and O–H groups in total. The Kier molecular flexibility index (Phi) is 4.99. The van der Waals surface area contributed by atoms with Crippen molar-refractivity contribution in [3.05, 3.63) is 53.7 Å². The van der Waals surface area contributed by atoms with E-state index in [-0.39, 0.29) is 0 Å². The van der Waals surface area contributed by atoms with Crippen LogP contribution in [0.2, 0.25) is 0 Å². The van der Waals surface area contributed by atoms with Gasteiger partial charge in [-0.15, -0.1) is 0 Å². The van der Waals surface area contributed by atoms with Gasteiger partial charge in [0, 0.05) is 11.6 Å². The van der Waals surface area contributed by atoms with Crippen molar-refractivity contribution >= 4 is 0 Å². The molecule has 1 heterocycles. The lowest BCUT2D eigenvalue weighted by Gasteiger charge is -2.06. The second-order valence-corrected chi connectivity index (χ2v) is 3.99. The smallest absolute Gasteiger partial charge is 0.213 e. The van der Waals surface area contributed by atoms with Gasteiger partial charge in [-0.2, -0.15) is 0 Å². The van der Waals surface area contributed by atoms with Crippen molar-refractivity contribution in [1.29, 1.82) is 0 Å². The summed E-state index contributed by atoms with van der Waals surface area (Å²) in [5.74, 6) is 7.12. The molecule has 4 heteroatoms. The highest BCUT2D eigenvalue weighted by molar-refractivity contribution is 5.38. The number of hydrogen-bond acceptors (Lipinski definition) is 4. The molecule has 2 aromatic rings. The second kappa shape index (κ2) is 7.17. The molecule has 0 atom stereocenters. The maximum absolute atomic E-state index is 5.66. The third-order valence-electron chi connectivity index (χ3n) is 2.57. The Morgan fingerprint density at radius 2 is 1.95 bits per heavy atom. The standard InChI is InChI=1S/C16H16N2O2/c1-19-16-6-2-5-14(18-16)12-20-15-9-7-13(8-10-15)4-3-11-17/h2,5-10H,11-12,17H2,1H3. The average Bonchev–Trinajstić information content (AvgIpc) is 2.52. The molecule has 0 radical (unpaired) electrons. The van der Waals surface area contributed by atoms with Crippen LogP contribution in [0.25, 0.3) is 0 Å². The van der Waals surface area contributed by atoms with Crippen LogP contribution < -0.4 is 15.2 Å². The first-order valence-electron chi connectivity index (χ1n) is 6.23. The summed E-state index contributed by atoms with van der Waals surface area (Å²) in [6.07, 6.45) is 0. The van der Waals surface area contributed by atoms with Gasteiger partial charge in [0.25, 0.3) is 0 Å². The zero-order valence-electron chi connectivity index (χ0n) is 11.3. The summed E-state index contributed by atoms with van der Waals surface area (Å²) in [7, 11) is 1.59. The van der Waals surface area contributed by atoms with E-state index in [1.807, 2.05) is 36.4 Å². The van der Waals surface area contributed by atoms with Gasteiger partial charge in [-0.1, -0.05) is 17.9 Å². The molecule has 0 aliphatic heterocycles. The van der Waals surface area contributed by atoms with Gasteiger partial charge in [0.05, 0.1) is 19.3 Å². The Hall–Kier alpha value is -2.51. The first-order chi connectivity index (χ1) is 9.81. The van der Waals surface area contributed by atoms with Crippen molar-refractivity contribution in [2.24, 2.45) is 5.73 Å². The van der Waals surface area contributed by atoms with Crippen molar-refractivity contribution < 1.29 is 9.47 Å². The van der Waals surface area contributed by atoms with E-state index in [4.69, 9.17) is 15.2 Å². The first kappa shape index (κ1) is 13.9. The van der Waals surface area contributed by atoms with Crippen LogP contribution in [0.5, 0.6) is 11.6 Å². The van der Waals surface area contributed by atoms with Gasteiger partial charge in [-0.3, -0.25) is 0 Å². The molecule has 0 saturated heterocycles. The lowest BCUT2D eigenvalue weighted by molar-refractivity contribution is 0.298. The molecule has 0 aliphatic carbocycles. The molecule has 0 bridgehead atoms. The first-order valence-corrected chi connectivity index (χ1v) is 6.23. The maximum atomic E-state index is 5.66. The molecule has 20 heavy (non-hydrogen) atoms. The lowest BCUT2D eigenvalue weighted by atomic mass is 10.2. The molecule has 0 spiro atoms. The minimum Gasteiger partial charge on any atom is -0.487 e. The van der Waals surface area contributed by atoms with E-state index in [1.165, 1.54) is 0 Å². The molecule has 102 valence electrons. The Balaban J connectivity index is 1.96. The van der Waals surface area contributed by atoms with Gasteiger partial charge >= 0.3 is 0 Å². The monoisotopic (exact) mass is 268 g/mol. The quantitative estimate of drug-likeness (QED) is 0.861. The second-order valence-electron chi connectivity index (χ2n) is 3.99. The summed E-state index contributed by atoms with van der Waals surface area (Å²) in [5, 5.41) is 0. The highest BCUT2D eigenvalue weighted by atomic mass is 16.5. The van der Waals surface area contributed by atoms with Crippen LogP contribution in [0, 0.1) is 11.8 Å². The largest absolute Gasteiger partial charge is 0.487 e. The van der Waals surface area contributed by atoms with Crippen molar-refractivity contribution in [2.45, 2.75) is 6.61 Å². The number of hydrogen-bond donors (Lipinski definition) is 1. The number of nitrogens with zero attached hydrogens (tertiary/aromatic N) is 1. The number of pyridine rings is 1. The SMILES string of the molecule is COc1cccc(COc2ccc(C#CCN)cc2)n1. The minimum atomic E-state index is 0.361. The van der Waals surface area contributed by atoms with Crippen molar-refractivity contribution in [2.75, 3.05) is 13.7 Å². The number of aromatic nitrogens is 1. The fourth-order valence-corrected chi connectivity index (χ4v) is 1.60. The van der Waals surface area contributed by atoms with Crippen LogP contribution in [-0.4, -0.2) is 18.6 Å². The van der Waals surface area contributed by atoms with Gasteiger partial charge in [-0.05, 0) is 30.3 Å². The molecule has 0 unspecified atom stereocenters. The molecule has 1 aromatic carbocycles. The molecule has 0 amide bonds. The Morgan fingerprint density at radius 3 is 2.65 bits per heavy atom. The fourth-order valence-electron chi connectivity index (χ4n) is 1.60. The maximum Gasteiger partial charge on any atom is 0.213 e. The summed E-state index contributed by atoms with van der Waals surface area (Å²) >= 11 is 0. The van der Waals surface area contributed by atoms with E-state index in [0.717, 1.165) is 17.0 Å². The van der Waals surface area contributed by atoms with Crippen LogP contribution in [0.4, 0.5) is 0 Å². The van der Waals surface area contributed by atoms with E-state index >= 15 is 0 Å². The van der Waals surface area contributed by atoms with Gasteiger partial charge < -0.3 is 15.2 Å². The predicted octanol–water partition coefficient (Wildman–Crippen LogP) is 1.98. The van der Waals surface area contributed by atoms with Crippen LogP contribution in [0.15, 0.2) is 42.5 Å². The van der Waals surface area contributed by atoms with E-state index < -0.39 is 0 Å². The third-order valence-corrected chi connectivity index (χ3v) is 2.57. The number of methoxy groups -OCH3 is 1. The summed E-state index contributed by atoms with van der Waals surface area (Å²) < 4.78 is 10.7. The van der Waals surface area contributed by atoms with Crippen LogP contribution in [-0.2, 0) is 6.61 Å². The van der Waals surface area contributed by atoms with Crippen molar-refractivity contribution in [3.63, 3.8) is 0 Å². The van der Waals surface area contributed by atoms with E-state index in [0.29, 0.717) is 19.0 Å². The summed E-state index contributed by atoms with van der Waals surface area (Å²) in [6, 6.07) is 13.1. The number of nitrogens with two attached hydrogens (primary N) is 1. The highest BCUT2D eigenvalue weighted by Gasteiger charge is 1.99. The summed E-state index contributed by atoms with van der Waals surface area (Å²) in [5.41, 5.74) is 7.06. The van der Waals surface area contributed by atoms with Crippen molar-refractivity contribution in [1.82, 2.24) is 4.98 Å². The summed E-state index contributed by atoms with van der Waals surface area (Å²) in [6.45, 7) is 0.755. The normalized spacial score (nSPS) is 9.50. The van der Waals surface area contributed by atoms with Crippen LogP contribution >= 0.6 is 0 Å². The van der Waals surface area contributed by atoms with Gasteiger partial charge in [-0.25, -0.2) is 4.98 Å². The molecular weight excluding hydrogens is 252 g/mol. The average molecular weight is 268 g/mol. The van der Waals surface area contributed by atoms with Gasteiger partial charge in [0.15, 0.2) is 0 Å². The molecule has 2 rings (SSSR count). The van der Waals surface area contributed by atoms with Crippen LogP contribution in [0.1, 0.15) is 11.3 Å². The highest BCUT2D eigenvalue weighted by Crippen LogP contribution is 2.14. The topological polar surface area (TPSA) is 57.4 Å². The fraction of sp³-hybridized carbons (Fsp3) is 0.188. The molecular formula is C16H16N2O2. The van der Waals surface area contributed by atoms with Crippen LogP contribution in [0.3, 0.4) is 0 Å². The molecule has 0 fully saturated rings. The number of rotatable bonds is 4. The molecule has 1 aromatic heterocycles. The van der Waals surface area contributed by atoms with E-state index in [2.05, 4.69) is 16.8 Å². The van der Waals surface area contributed by atoms with E-state index in [1.54, 1.807) is 13.2 Å². The van der Waals surface area contributed by atoms with Gasteiger partial charge in [0.1, 0.15) is 12.4 Å². The third kappa shape index (κ3) is 4.01. The summed E-state index contributed by atoms with van der Waals surface area (Å²) in [4.78, 5) is 4.28. The zero-order chi connectivity index (χ0) is 14.2. The zero-order valence-corrected chi connectivity index (χ0v) is 11.3.